The molecule has 2 amide bonds. The molecule has 33 heavy (non-hydrogen) atoms. The van der Waals surface area contributed by atoms with Crippen molar-refractivity contribution in [3.8, 4) is 0 Å². The number of anilines is 3. The molecule has 1 aliphatic rings. The van der Waals surface area contributed by atoms with Crippen LogP contribution in [0.15, 0.2) is 66.4 Å². The lowest BCUT2D eigenvalue weighted by Gasteiger charge is -2.19. The Hall–Kier alpha value is -3.86. The zero-order chi connectivity index (χ0) is 23.9. The molecular formula is C28H29N3O2. The van der Waals surface area contributed by atoms with E-state index < -0.39 is 0 Å². The van der Waals surface area contributed by atoms with Crippen molar-refractivity contribution in [2.24, 2.45) is 0 Å². The van der Waals surface area contributed by atoms with Gasteiger partial charge < -0.3 is 10.2 Å². The molecule has 168 valence electrons. The maximum atomic E-state index is 13.7. The van der Waals surface area contributed by atoms with E-state index in [1.54, 1.807) is 6.07 Å². The van der Waals surface area contributed by atoms with Crippen LogP contribution in [0.2, 0.25) is 0 Å². The molecule has 3 aromatic rings. The van der Waals surface area contributed by atoms with E-state index in [9.17, 15) is 9.59 Å². The molecule has 0 atom stereocenters. The van der Waals surface area contributed by atoms with E-state index in [-0.39, 0.29) is 11.8 Å². The minimum atomic E-state index is -0.357. The molecule has 0 aromatic heterocycles. The molecular weight excluding hydrogens is 410 g/mol. The van der Waals surface area contributed by atoms with E-state index in [2.05, 4.69) is 11.4 Å². The summed E-state index contributed by atoms with van der Waals surface area (Å²) in [6.45, 7) is 8.06. The van der Waals surface area contributed by atoms with Crippen molar-refractivity contribution in [1.82, 2.24) is 0 Å². The van der Waals surface area contributed by atoms with Crippen molar-refractivity contribution in [3.63, 3.8) is 0 Å². The summed E-state index contributed by atoms with van der Waals surface area (Å²) in [6.07, 6.45) is 0. The molecule has 0 saturated heterocycles. The van der Waals surface area contributed by atoms with Crippen LogP contribution in [-0.2, 0) is 9.59 Å². The van der Waals surface area contributed by atoms with Crippen LogP contribution in [0, 0.1) is 27.7 Å². The van der Waals surface area contributed by atoms with E-state index >= 15 is 0 Å². The smallest absolute Gasteiger partial charge is 0.282 e. The highest BCUT2D eigenvalue weighted by atomic mass is 16.2. The minimum Gasteiger partial charge on any atom is -0.378 e. The normalized spacial score (nSPS) is 13.7. The van der Waals surface area contributed by atoms with Gasteiger partial charge in [-0.25, -0.2) is 4.90 Å². The van der Waals surface area contributed by atoms with Gasteiger partial charge in [0, 0.05) is 25.5 Å². The summed E-state index contributed by atoms with van der Waals surface area (Å²) >= 11 is 0. The maximum Gasteiger partial charge on any atom is 0.282 e. The Morgan fingerprint density at radius 3 is 2.18 bits per heavy atom. The van der Waals surface area contributed by atoms with Crippen LogP contribution in [0.1, 0.15) is 27.8 Å². The van der Waals surface area contributed by atoms with Gasteiger partial charge in [-0.05, 0) is 74.2 Å². The van der Waals surface area contributed by atoms with Gasteiger partial charge in [-0.3, -0.25) is 9.59 Å². The van der Waals surface area contributed by atoms with Crippen molar-refractivity contribution in [2.45, 2.75) is 27.7 Å². The lowest BCUT2D eigenvalue weighted by atomic mass is 9.99. The topological polar surface area (TPSA) is 52.7 Å². The second-order valence-electron chi connectivity index (χ2n) is 8.85. The first-order valence-corrected chi connectivity index (χ1v) is 11.0. The average Bonchev–Trinajstić information content (AvgIpc) is 3.01. The highest BCUT2D eigenvalue weighted by Crippen LogP contribution is 2.36. The van der Waals surface area contributed by atoms with Gasteiger partial charge in [0.2, 0.25) is 0 Å². The van der Waals surface area contributed by atoms with Gasteiger partial charge >= 0.3 is 0 Å². The molecule has 3 aromatic carbocycles. The molecule has 0 aliphatic carbocycles. The zero-order valence-corrected chi connectivity index (χ0v) is 20.0. The van der Waals surface area contributed by atoms with Crippen LogP contribution in [0.4, 0.5) is 17.1 Å². The van der Waals surface area contributed by atoms with Crippen molar-refractivity contribution in [3.05, 3.63) is 94.2 Å². The zero-order valence-electron chi connectivity index (χ0n) is 20.0. The second-order valence-corrected chi connectivity index (χ2v) is 8.85. The molecule has 1 heterocycles. The predicted molar refractivity (Wildman–Crippen MR) is 136 cm³/mol. The molecule has 1 N–H and O–H groups in total. The van der Waals surface area contributed by atoms with Crippen LogP contribution in [0.25, 0.3) is 5.57 Å². The van der Waals surface area contributed by atoms with Crippen molar-refractivity contribution in [2.75, 3.05) is 29.2 Å². The van der Waals surface area contributed by atoms with E-state index in [4.69, 9.17) is 0 Å². The molecule has 5 heteroatoms. The third kappa shape index (κ3) is 4.14. The quantitative estimate of drug-likeness (QED) is 0.542. The fourth-order valence-electron chi connectivity index (χ4n) is 4.04. The number of amides is 2. The van der Waals surface area contributed by atoms with E-state index in [1.165, 1.54) is 4.90 Å². The summed E-state index contributed by atoms with van der Waals surface area (Å²) in [5.41, 5.74) is 8.04. The summed E-state index contributed by atoms with van der Waals surface area (Å²) < 4.78 is 0. The molecule has 0 spiro atoms. The number of imide groups is 1. The standard InChI is InChI=1S/C28H29N3O2/c1-17-10-13-24(20(4)14-17)29-26-25(21-12-11-18(2)19(3)15-21)27(32)31(28(26)33)23-9-7-8-22(16-23)30(5)6/h7-16,29H,1-6H3. The number of benzene rings is 3. The van der Waals surface area contributed by atoms with E-state index in [1.807, 2.05) is 95.2 Å². The Labute approximate surface area is 195 Å². The molecule has 0 unspecified atom stereocenters. The summed E-state index contributed by atoms with van der Waals surface area (Å²) in [7, 11) is 3.86. The predicted octanol–water partition coefficient (Wildman–Crippen LogP) is 5.38. The fourth-order valence-corrected chi connectivity index (χ4v) is 4.04. The first kappa shape index (κ1) is 22.3. The van der Waals surface area contributed by atoms with Crippen LogP contribution in [0.5, 0.6) is 0 Å². The Morgan fingerprint density at radius 2 is 1.52 bits per heavy atom. The van der Waals surface area contributed by atoms with Crippen molar-refractivity contribution < 1.29 is 9.59 Å². The number of carbonyl (C=O) groups is 2. The molecule has 5 nitrogen and oxygen atoms in total. The van der Waals surface area contributed by atoms with Crippen molar-refractivity contribution in [1.29, 1.82) is 0 Å². The number of nitrogens with zero attached hydrogens (tertiary/aromatic N) is 2. The second kappa shape index (κ2) is 8.58. The highest BCUT2D eigenvalue weighted by molar-refractivity contribution is 6.46. The molecule has 0 radical (unpaired) electrons. The first-order valence-electron chi connectivity index (χ1n) is 11.0. The Morgan fingerprint density at radius 1 is 0.758 bits per heavy atom. The Bertz CT molecular complexity index is 1300. The van der Waals surface area contributed by atoms with Crippen molar-refractivity contribution >= 4 is 34.4 Å². The largest absolute Gasteiger partial charge is 0.378 e. The summed E-state index contributed by atoms with van der Waals surface area (Å²) in [5, 5.41) is 3.29. The summed E-state index contributed by atoms with van der Waals surface area (Å²) in [6, 6.07) is 19.3. The van der Waals surface area contributed by atoms with E-state index in [0.29, 0.717) is 17.0 Å². The third-order valence-electron chi connectivity index (χ3n) is 6.13. The van der Waals surface area contributed by atoms with Gasteiger partial charge in [0.15, 0.2) is 0 Å². The number of aryl methyl sites for hydroxylation is 4. The number of hydrogen-bond acceptors (Lipinski definition) is 4. The minimum absolute atomic E-state index is 0.297. The van der Waals surface area contributed by atoms with Crippen LogP contribution >= 0.6 is 0 Å². The monoisotopic (exact) mass is 439 g/mol. The van der Waals surface area contributed by atoms with Gasteiger partial charge in [-0.2, -0.15) is 0 Å². The van der Waals surface area contributed by atoms with Crippen LogP contribution in [0.3, 0.4) is 0 Å². The summed E-state index contributed by atoms with van der Waals surface area (Å²) in [5.74, 6) is -0.685. The number of rotatable bonds is 5. The van der Waals surface area contributed by atoms with Crippen LogP contribution < -0.4 is 15.1 Å². The Kier molecular flexibility index (Phi) is 5.81. The third-order valence-corrected chi connectivity index (χ3v) is 6.13. The molecule has 0 bridgehead atoms. The van der Waals surface area contributed by atoms with Gasteiger partial charge in [0.1, 0.15) is 5.70 Å². The SMILES string of the molecule is Cc1ccc(NC2=C(c3ccc(C)c(C)c3)C(=O)N(c3cccc(N(C)C)c3)C2=O)c(C)c1. The van der Waals surface area contributed by atoms with Gasteiger partial charge in [-0.1, -0.05) is 42.0 Å². The molecule has 4 rings (SSSR count). The highest BCUT2D eigenvalue weighted by Gasteiger charge is 2.40. The average molecular weight is 440 g/mol. The summed E-state index contributed by atoms with van der Waals surface area (Å²) in [4.78, 5) is 30.6. The number of hydrogen-bond donors (Lipinski definition) is 1. The van der Waals surface area contributed by atoms with Gasteiger partial charge in [-0.15, -0.1) is 0 Å². The first-order chi connectivity index (χ1) is 15.7. The number of nitrogens with one attached hydrogen (secondary N) is 1. The van der Waals surface area contributed by atoms with Gasteiger partial charge in [0.25, 0.3) is 11.8 Å². The fraction of sp³-hybridized carbons (Fsp3) is 0.214. The van der Waals surface area contributed by atoms with E-state index in [0.717, 1.165) is 39.2 Å². The molecule has 0 fully saturated rings. The lowest BCUT2D eigenvalue weighted by molar-refractivity contribution is -0.120. The molecule has 1 aliphatic heterocycles. The van der Waals surface area contributed by atoms with Gasteiger partial charge in [0.05, 0.1) is 11.3 Å². The molecule has 0 saturated carbocycles. The maximum absolute atomic E-state index is 13.7. The number of carbonyl (C=O) groups excluding carboxylic acids is 2. The van der Waals surface area contributed by atoms with Crippen LogP contribution in [-0.4, -0.2) is 25.9 Å². The Balaban J connectivity index is 1.85. The lowest BCUT2D eigenvalue weighted by Crippen LogP contribution is -2.32.